The molecule has 0 aliphatic carbocycles. The van der Waals surface area contributed by atoms with Crippen LogP contribution in [0.3, 0.4) is 0 Å². The molecule has 0 fully saturated rings. The Morgan fingerprint density at radius 1 is 1.16 bits per heavy atom. The monoisotopic (exact) mass is 480 g/mol. The van der Waals surface area contributed by atoms with Crippen LogP contribution in [0, 0.1) is 6.92 Å². The van der Waals surface area contributed by atoms with E-state index in [9.17, 15) is 8.42 Å². The number of rotatable bonds is 10. The van der Waals surface area contributed by atoms with E-state index in [1.54, 1.807) is 12.1 Å². The van der Waals surface area contributed by atoms with E-state index in [4.69, 9.17) is 16.7 Å². The third-order valence-corrected chi connectivity index (χ3v) is 6.10. The predicted octanol–water partition coefficient (Wildman–Crippen LogP) is 3.62. The highest BCUT2D eigenvalue weighted by Crippen LogP contribution is 2.24. The number of nitrogens with one attached hydrogen (secondary N) is 3. The molecule has 1 heterocycles. The molecule has 0 saturated carbocycles. The highest BCUT2D eigenvalue weighted by molar-refractivity contribution is 7.90. The van der Waals surface area contributed by atoms with Gasteiger partial charge in [0.1, 0.15) is 5.82 Å². The van der Waals surface area contributed by atoms with Gasteiger partial charge in [0.25, 0.3) is 10.2 Å². The third-order valence-electron chi connectivity index (χ3n) is 4.50. The van der Waals surface area contributed by atoms with Crippen LogP contribution in [-0.4, -0.2) is 30.4 Å². The molecule has 11 heteroatoms. The minimum absolute atomic E-state index is 0.208. The second-order valence-corrected chi connectivity index (χ2v) is 9.71. The minimum Gasteiger partial charge on any atom is -0.330 e. The van der Waals surface area contributed by atoms with Crippen LogP contribution in [0.2, 0.25) is 5.02 Å². The number of aryl methyl sites for hydroxylation is 1. The Hall–Kier alpha value is -2.24. The summed E-state index contributed by atoms with van der Waals surface area (Å²) in [6, 6.07) is 13.1. The summed E-state index contributed by atoms with van der Waals surface area (Å²) in [6.45, 7) is 4.83. The second kappa shape index (κ2) is 10.4. The van der Waals surface area contributed by atoms with E-state index in [1.807, 2.05) is 37.3 Å². The van der Waals surface area contributed by atoms with Gasteiger partial charge in [-0.3, -0.25) is 4.72 Å². The molecule has 0 bridgehead atoms. The lowest BCUT2D eigenvalue weighted by Crippen LogP contribution is -2.30. The van der Waals surface area contributed by atoms with Gasteiger partial charge in [-0.15, -0.1) is 0 Å². The first-order chi connectivity index (χ1) is 14.7. The molecular formula is C20H25ClN6O2S2. The quantitative estimate of drug-likeness (QED) is 0.351. The summed E-state index contributed by atoms with van der Waals surface area (Å²) in [6.07, 6.45) is 1.52. The Bertz CT molecular complexity index is 1120. The van der Waals surface area contributed by atoms with Crippen LogP contribution in [0.15, 0.2) is 42.5 Å². The van der Waals surface area contributed by atoms with Crippen molar-refractivity contribution in [2.75, 3.05) is 16.6 Å². The Balaban J connectivity index is 1.43. The summed E-state index contributed by atoms with van der Waals surface area (Å²) in [5, 5.41) is 13.1. The van der Waals surface area contributed by atoms with E-state index in [0.717, 1.165) is 40.7 Å². The van der Waals surface area contributed by atoms with Crippen LogP contribution < -0.4 is 20.5 Å². The van der Waals surface area contributed by atoms with Crippen molar-refractivity contribution in [3.8, 4) is 0 Å². The van der Waals surface area contributed by atoms with Gasteiger partial charge in [0.2, 0.25) is 5.13 Å². The van der Waals surface area contributed by atoms with Crippen LogP contribution >= 0.6 is 23.1 Å². The van der Waals surface area contributed by atoms with Gasteiger partial charge in [-0.05, 0) is 62.2 Å². The molecule has 3 aromatic rings. The Morgan fingerprint density at radius 2 is 1.87 bits per heavy atom. The van der Waals surface area contributed by atoms with Gasteiger partial charge in [-0.2, -0.15) is 12.8 Å². The summed E-state index contributed by atoms with van der Waals surface area (Å²) in [7, 11) is -3.75. The van der Waals surface area contributed by atoms with Crippen LogP contribution in [0.5, 0.6) is 0 Å². The number of nitrogens with zero attached hydrogens (tertiary/aromatic N) is 2. The lowest BCUT2D eigenvalue weighted by atomic mass is 10.1. The number of anilines is 3. The maximum Gasteiger partial charge on any atom is 0.296 e. The fraction of sp³-hybridized carbons (Fsp3) is 0.300. The molecule has 0 aliphatic heterocycles. The van der Waals surface area contributed by atoms with Crippen molar-refractivity contribution < 1.29 is 8.42 Å². The second-order valence-electron chi connectivity index (χ2n) is 7.26. The minimum atomic E-state index is -3.75. The van der Waals surface area contributed by atoms with E-state index in [1.165, 1.54) is 11.5 Å². The molecule has 0 saturated heterocycles. The van der Waals surface area contributed by atoms with Crippen molar-refractivity contribution in [1.82, 2.24) is 14.7 Å². The highest BCUT2D eigenvalue weighted by atomic mass is 35.5. The van der Waals surface area contributed by atoms with Gasteiger partial charge in [0, 0.05) is 40.4 Å². The number of aromatic nitrogens is 2. The molecule has 1 aromatic heterocycles. The summed E-state index contributed by atoms with van der Waals surface area (Å²) < 4.78 is 28.7. The van der Waals surface area contributed by atoms with Crippen LogP contribution in [-0.2, 0) is 23.1 Å². The summed E-state index contributed by atoms with van der Waals surface area (Å²) in [5.41, 5.74) is 3.45. The smallest absolute Gasteiger partial charge is 0.296 e. The summed E-state index contributed by atoms with van der Waals surface area (Å²) in [4.78, 5) is 4.55. The Kier molecular flexibility index (Phi) is 7.84. The van der Waals surface area contributed by atoms with Gasteiger partial charge in [-0.25, -0.2) is 10.1 Å². The Labute approximate surface area is 191 Å². The van der Waals surface area contributed by atoms with Gasteiger partial charge in [0.05, 0.1) is 0 Å². The molecule has 3 rings (SSSR count). The molecular weight excluding hydrogens is 456 g/mol. The lowest BCUT2D eigenvalue weighted by Gasteiger charge is -2.12. The third kappa shape index (κ3) is 7.75. The number of nitrogens with two attached hydrogens (primary N) is 1. The molecule has 1 atom stereocenters. The zero-order valence-corrected chi connectivity index (χ0v) is 19.6. The SMILES string of the molecule is Cc1ccc(Nc2nc(CC(C)NCCc3ccc(NS(N)(=O)=O)cc3)ns2)cc1Cl. The van der Waals surface area contributed by atoms with Crippen molar-refractivity contribution in [2.24, 2.45) is 5.14 Å². The van der Waals surface area contributed by atoms with E-state index >= 15 is 0 Å². The van der Waals surface area contributed by atoms with Crippen molar-refractivity contribution >= 4 is 49.8 Å². The summed E-state index contributed by atoms with van der Waals surface area (Å²) >= 11 is 7.49. The van der Waals surface area contributed by atoms with Crippen molar-refractivity contribution in [2.45, 2.75) is 32.7 Å². The van der Waals surface area contributed by atoms with Crippen LogP contribution in [0.25, 0.3) is 0 Å². The van der Waals surface area contributed by atoms with Gasteiger partial charge < -0.3 is 10.6 Å². The van der Waals surface area contributed by atoms with Crippen LogP contribution in [0.1, 0.15) is 23.9 Å². The maximum atomic E-state index is 11.0. The average molecular weight is 481 g/mol. The van der Waals surface area contributed by atoms with Crippen LogP contribution in [0.4, 0.5) is 16.5 Å². The average Bonchev–Trinajstić information content (AvgIpc) is 3.11. The molecule has 8 nitrogen and oxygen atoms in total. The molecule has 0 radical (unpaired) electrons. The van der Waals surface area contributed by atoms with Gasteiger partial charge in [-0.1, -0.05) is 29.8 Å². The molecule has 5 N–H and O–H groups in total. The normalized spacial score (nSPS) is 12.5. The van der Waals surface area contributed by atoms with E-state index < -0.39 is 10.2 Å². The largest absolute Gasteiger partial charge is 0.330 e. The first kappa shape index (κ1) is 23.4. The number of hydrogen-bond acceptors (Lipinski definition) is 7. The number of halogens is 1. The highest BCUT2D eigenvalue weighted by Gasteiger charge is 2.10. The molecule has 0 amide bonds. The zero-order chi connectivity index (χ0) is 22.4. The fourth-order valence-electron chi connectivity index (χ4n) is 2.89. The predicted molar refractivity (Wildman–Crippen MR) is 127 cm³/mol. The van der Waals surface area contributed by atoms with E-state index in [2.05, 4.69) is 31.6 Å². The van der Waals surface area contributed by atoms with Gasteiger partial charge >= 0.3 is 0 Å². The first-order valence-corrected chi connectivity index (χ1v) is 12.4. The fourth-order valence-corrected chi connectivity index (χ4v) is 4.16. The maximum absolute atomic E-state index is 11.0. The molecule has 31 heavy (non-hydrogen) atoms. The van der Waals surface area contributed by atoms with Gasteiger partial charge in [0.15, 0.2) is 0 Å². The van der Waals surface area contributed by atoms with E-state index in [-0.39, 0.29) is 6.04 Å². The zero-order valence-electron chi connectivity index (χ0n) is 17.2. The van der Waals surface area contributed by atoms with Crippen molar-refractivity contribution in [1.29, 1.82) is 0 Å². The summed E-state index contributed by atoms with van der Waals surface area (Å²) in [5.74, 6) is 0.782. The topological polar surface area (TPSA) is 122 Å². The molecule has 0 aliphatic rings. The lowest BCUT2D eigenvalue weighted by molar-refractivity contribution is 0.540. The molecule has 166 valence electrons. The molecule has 2 aromatic carbocycles. The van der Waals surface area contributed by atoms with Crippen molar-refractivity contribution in [3.63, 3.8) is 0 Å². The van der Waals surface area contributed by atoms with E-state index in [0.29, 0.717) is 17.1 Å². The number of benzene rings is 2. The molecule has 0 spiro atoms. The van der Waals surface area contributed by atoms with Crippen molar-refractivity contribution in [3.05, 3.63) is 64.4 Å². The number of hydrogen-bond donors (Lipinski definition) is 4. The Morgan fingerprint density at radius 3 is 2.55 bits per heavy atom. The first-order valence-electron chi connectivity index (χ1n) is 9.66. The molecule has 1 unspecified atom stereocenters. The standard InChI is InChI=1S/C20H25ClN6O2S2/c1-13-3-6-17(12-18(13)21)24-20-25-19(26-30-20)11-14(2)23-10-9-15-4-7-16(8-5-15)27-31(22,28)29/h3-8,12,14,23,27H,9-11H2,1-2H3,(H2,22,28,29)(H,24,25,26).